The summed E-state index contributed by atoms with van der Waals surface area (Å²) in [5.74, 6) is 0.670. The van der Waals surface area contributed by atoms with Crippen molar-refractivity contribution in [3.05, 3.63) is 39.3 Å². The molecule has 5 heteroatoms. The van der Waals surface area contributed by atoms with Gasteiger partial charge in [0.15, 0.2) is 0 Å². The number of rotatable bonds is 4. The first-order valence-electron chi connectivity index (χ1n) is 5.89. The van der Waals surface area contributed by atoms with E-state index in [0.717, 1.165) is 16.4 Å². The van der Waals surface area contributed by atoms with Crippen LogP contribution < -0.4 is 10.1 Å². The number of para-hydroxylation sites is 1. The molecule has 2 aromatic rings. The molecule has 98 valence electrons. The van der Waals surface area contributed by atoms with Gasteiger partial charge in [-0.3, -0.25) is 0 Å². The van der Waals surface area contributed by atoms with Crippen LogP contribution in [-0.4, -0.2) is 12.1 Å². The van der Waals surface area contributed by atoms with E-state index in [1.165, 1.54) is 4.88 Å². The Kier molecular flexibility index (Phi) is 4.03. The molecule has 1 N–H and O–H groups in total. The van der Waals surface area contributed by atoms with Crippen LogP contribution in [0.25, 0.3) is 0 Å². The fourth-order valence-corrected chi connectivity index (χ4v) is 2.63. The van der Waals surface area contributed by atoms with Gasteiger partial charge in [-0.25, -0.2) is 4.98 Å². The lowest BCUT2D eigenvalue weighted by molar-refractivity contribution is 0.416. The summed E-state index contributed by atoms with van der Waals surface area (Å²) >= 11 is 1.66. The van der Waals surface area contributed by atoms with Gasteiger partial charge in [0.2, 0.25) is 0 Å². The van der Waals surface area contributed by atoms with E-state index in [0.29, 0.717) is 17.9 Å². The zero-order valence-electron chi connectivity index (χ0n) is 11.2. The van der Waals surface area contributed by atoms with E-state index in [9.17, 15) is 0 Å². The van der Waals surface area contributed by atoms with E-state index in [1.54, 1.807) is 30.6 Å². The van der Waals surface area contributed by atoms with Gasteiger partial charge in [0, 0.05) is 4.88 Å². The SMILES string of the molecule is COc1cccc(C#N)c1NCc1nc(C)c(C)s1. The third-order valence-corrected chi connectivity index (χ3v) is 3.93. The number of aromatic nitrogens is 1. The number of hydrogen-bond acceptors (Lipinski definition) is 5. The van der Waals surface area contributed by atoms with Crippen LogP contribution in [0.4, 0.5) is 5.69 Å². The number of nitrogens with one attached hydrogen (secondary N) is 1. The summed E-state index contributed by atoms with van der Waals surface area (Å²) in [6.45, 7) is 4.65. The first-order valence-corrected chi connectivity index (χ1v) is 6.71. The molecule has 0 unspecified atom stereocenters. The first-order chi connectivity index (χ1) is 9.15. The maximum Gasteiger partial charge on any atom is 0.143 e. The summed E-state index contributed by atoms with van der Waals surface area (Å²) in [7, 11) is 1.60. The Bertz CT molecular complexity index is 609. The lowest BCUT2D eigenvalue weighted by Crippen LogP contribution is -2.03. The lowest BCUT2D eigenvalue weighted by atomic mass is 10.2. The fraction of sp³-hybridized carbons (Fsp3) is 0.286. The molecule has 0 spiro atoms. The van der Waals surface area contributed by atoms with Crippen molar-refractivity contribution in [2.24, 2.45) is 0 Å². The van der Waals surface area contributed by atoms with Gasteiger partial charge in [-0.05, 0) is 26.0 Å². The summed E-state index contributed by atoms with van der Waals surface area (Å²) in [5.41, 5.74) is 2.35. The van der Waals surface area contributed by atoms with E-state index in [2.05, 4.69) is 23.3 Å². The van der Waals surface area contributed by atoms with Gasteiger partial charge in [-0.1, -0.05) is 6.07 Å². The fourth-order valence-electron chi connectivity index (χ4n) is 1.76. The minimum absolute atomic E-state index is 0.573. The zero-order valence-corrected chi connectivity index (χ0v) is 12.0. The molecule has 0 amide bonds. The average molecular weight is 273 g/mol. The number of nitriles is 1. The lowest BCUT2D eigenvalue weighted by Gasteiger charge is -2.11. The molecule has 0 bridgehead atoms. The van der Waals surface area contributed by atoms with Crippen LogP contribution in [0.5, 0.6) is 5.75 Å². The molecule has 0 aliphatic rings. The third-order valence-electron chi connectivity index (χ3n) is 2.86. The second-order valence-electron chi connectivity index (χ2n) is 4.10. The van der Waals surface area contributed by atoms with Crippen LogP contribution in [0, 0.1) is 25.2 Å². The van der Waals surface area contributed by atoms with Crippen molar-refractivity contribution in [3.8, 4) is 11.8 Å². The molecule has 0 fully saturated rings. The Morgan fingerprint density at radius 1 is 1.42 bits per heavy atom. The van der Waals surface area contributed by atoms with Crippen molar-refractivity contribution in [3.63, 3.8) is 0 Å². The van der Waals surface area contributed by atoms with Crippen molar-refractivity contribution < 1.29 is 4.74 Å². The van der Waals surface area contributed by atoms with Gasteiger partial charge < -0.3 is 10.1 Å². The maximum atomic E-state index is 9.13. The monoisotopic (exact) mass is 273 g/mol. The molecule has 19 heavy (non-hydrogen) atoms. The van der Waals surface area contributed by atoms with Crippen molar-refractivity contribution in [1.82, 2.24) is 4.98 Å². The summed E-state index contributed by atoms with van der Waals surface area (Å²) in [6, 6.07) is 7.57. The van der Waals surface area contributed by atoms with Gasteiger partial charge in [0.05, 0.1) is 30.6 Å². The van der Waals surface area contributed by atoms with Crippen molar-refractivity contribution in [2.75, 3.05) is 12.4 Å². The summed E-state index contributed by atoms with van der Waals surface area (Å²) in [4.78, 5) is 5.69. The second-order valence-corrected chi connectivity index (χ2v) is 5.39. The van der Waals surface area contributed by atoms with E-state index in [4.69, 9.17) is 10.00 Å². The van der Waals surface area contributed by atoms with Crippen LogP contribution in [0.3, 0.4) is 0 Å². The normalized spacial score (nSPS) is 10.0. The zero-order chi connectivity index (χ0) is 13.8. The number of anilines is 1. The molecule has 0 saturated heterocycles. The number of nitrogens with zero attached hydrogens (tertiary/aromatic N) is 2. The number of aryl methyl sites for hydroxylation is 2. The molecular weight excluding hydrogens is 258 g/mol. The second kappa shape index (κ2) is 5.72. The Labute approximate surface area is 116 Å². The van der Waals surface area contributed by atoms with Crippen LogP contribution >= 0.6 is 11.3 Å². The average Bonchev–Trinajstić information content (AvgIpc) is 2.75. The molecule has 0 atom stereocenters. The maximum absolute atomic E-state index is 9.13. The molecule has 1 heterocycles. The molecule has 0 aliphatic heterocycles. The molecule has 4 nitrogen and oxygen atoms in total. The van der Waals surface area contributed by atoms with Crippen LogP contribution in [0.15, 0.2) is 18.2 Å². The van der Waals surface area contributed by atoms with Crippen molar-refractivity contribution in [1.29, 1.82) is 5.26 Å². The molecule has 0 radical (unpaired) electrons. The molecule has 0 saturated carbocycles. The van der Waals surface area contributed by atoms with E-state index >= 15 is 0 Å². The summed E-state index contributed by atoms with van der Waals surface area (Å²) in [5, 5.41) is 13.4. The Morgan fingerprint density at radius 3 is 2.79 bits per heavy atom. The highest BCUT2D eigenvalue weighted by molar-refractivity contribution is 7.11. The minimum Gasteiger partial charge on any atom is -0.495 e. The molecular formula is C14H15N3OS. The Hall–Kier alpha value is -2.06. The topological polar surface area (TPSA) is 57.9 Å². The largest absolute Gasteiger partial charge is 0.495 e. The van der Waals surface area contributed by atoms with E-state index in [-0.39, 0.29) is 0 Å². The molecule has 2 rings (SSSR count). The van der Waals surface area contributed by atoms with Gasteiger partial charge in [-0.15, -0.1) is 11.3 Å². The predicted octanol–water partition coefficient (Wildman–Crippen LogP) is 3.25. The van der Waals surface area contributed by atoms with Gasteiger partial charge >= 0.3 is 0 Å². The van der Waals surface area contributed by atoms with E-state index in [1.807, 2.05) is 13.0 Å². The van der Waals surface area contributed by atoms with Gasteiger partial charge in [0.1, 0.15) is 16.8 Å². The van der Waals surface area contributed by atoms with E-state index < -0.39 is 0 Å². The summed E-state index contributed by atoms with van der Waals surface area (Å²) in [6.07, 6.45) is 0. The smallest absolute Gasteiger partial charge is 0.143 e. The Morgan fingerprint density at radius 2 is 2.21 bits per heavy atom. The number of hydrogen-bond donors (Lipinski definition) is 1. The minimum atomic E-state index is 0.573. The summed E-state index contributed by atoms with van der Waals surface area (Å²) < 4.78 is 5.27. The standard InChI is InChI=1S/C14H15N3OS/c1-9-10(2)19-13(17-9)8-16-14-11(7-15)5-4-6-12(14)18-3/h4-6,16H,8H2,1-3H3. The molecule has 0 aliphatic carbocycles. The first kappa shape index (κ1) is 13.4. The van der Waals surface area contributed by atoms with Gasteiger partial charge in [0.25, 0.3) is 0 Å². The van der Waals surface area contributed by atoms with Gasteiger partial charge in [-0.2, -0.15) is 5.26 Å². The quantitative estimate of drug-likeness (QED) is 0.929. The van der Waals surface area contributed by atoms with Crippen LogP contribution in [0.1, 0.15) is 21.1 Å². The highest BCUT2D eigenvalue weighted by Crippen LogP contribution is 2.28. The number of thiazole rings is 1. The van der Waals surface area contributed by atoms with Crippen LogP contribution in [0.2, 0.25) is 0 Å². The molecule has 1 aromatic heterocycles. The predicted molar refractivity (Wildman–Crippen MR) is 76.6 cm³/mol. The Balaban J connectivity index is 2.21. The highest BCUT2D eigenvalue weighted by atomic mass is 32.1. The number of benzene rings is 1. The number of ether oxygens (including phenoxy) is 1. The highest BCUT2D eigenvalue weighted by Gasteiger charge is 2.10. The molecule has 1 aromatic carbocycles. The van der Waals surface area contributed by atoms with Crippen LogP contribution in [-0.2, 0) is 6.54 Å². The third kappa shape index (κ3) is 2.85. The number of methoxy groups -OCH3 is 1. The van der Waals surface area contributed by atoms with Crippen molar-refractivity contribution >= 4 is 17.0 Å². The van der Waals surface area contributed by atoms with Crippen molar-refractivity contribution in [2.45, 2.75) is 20.4 Å².